The maximum absolute atomic E-state index is 6.44. The summed E-state index contributed by atoms with van der Waals surface area (Å²) in [5, 5.41) is 0.988. The standard InChI is InChI=1S/C52H38N2O/c1-51(2)41-21-10-8-18-37(41)39-29-44-40(30-43(39)51)46-36(20-13-22-42(46)52(44,3)4)32-26-24-31(25-27-32)34-16-12-17-35(28-34)47-49-48(38-19-9-11-23-45(38)55-49)54-50(53-47)33-14-6-5-7-15-33/h5-30H,1-4H3. The van der Waals surface area contributed by atoms with E-state index in [1.807, 2.05) is 36.4 Å². The third-order valence-electron chi connectivity index (χ3n) is 12.3. The van der Waals surface area contributed by atoms with Crippen molar-refractivity contribution in [1.29, 1.82) is 0 Å². The lowest BCUT2D eigenvalue weighted by molar-refractivity contribution is 0.652. The summed E-state index contributed by atoms with van der Waals surface area (Å²) in [6.45, 7) is 9.51. The second-order valence-corrected chi connectivity index (χ2v) is 16.2. The Labute approximate surface area is 321 Å². The second-order valence-electron chi connectivity index (χ2n) is 16.2. The first-order valence-electron chi connectivity index (χ1n) is 19.2. The van der Waals surface area contributed by atoms with Crippen LogP contribution in [0.5, 0.6) is 0 Å². The minimum atomic E-state index is -0.107. The van der Waals surface area contributed by atoms with Crippen molar-refractivity contribution >= 4 is 22.1 Å². The predicted molar refractivity (Wildman–Crippen MR) is 226 cm³/mol. The third-order valence-corrected chi connectivity index (χ3v) is 12.3. The molecule has 0 radical (unpaired) electrons. The molecule has 0 bridgehead atoms. The smallest absolute Gasteiger partial charge is 0.180 e. The molecule has 0 atom stereocenters. The number of rotatable bonds is 4. The van der Waals surface area contributed by atoms with Crippen molar-refractivity contribution in [3.63, 3.8) is 0 Å². The number of hydrogen-bond acceptors (Lipinski definition) is 3. The monoisotopic (exact) mass is 706 g/mol. The number of para-hydroxylation sites is 1. The lowest BCUT2D eigenvalue weighted by atomic mass is 9.79. The van der Waals surface area contributed by atoms with Gasteiger partial charge in [0.25, 0.3) is 0 Å². The number of aromatic nitrogens is 2. The van der Waals surface area contributed by atoms with Crippen LogP contribution in [0.1, 0.15) is 49.9 Å². The van der Waals surface area contributed by atoms with Gasteiger partial charge in [0.2, 0.25) is 0 Å². The fourth-order valence-electron chi connectivity index (χ4n) is 9.41. The Morgan fingerprint density at radius 3 is 1.89 bits per heavy atom. The molecule has 2 aliphatic carbocycles. The molecule has 55 heavy (non-hydrogen) atoms. The summed E-state index contributed by atoms with van der Waals surface area (Å²) in [7, 11) is 0. The highest BCUT2D eigenvalue weighted by Crippen LogP contribution is 2.57. The second kappa shape index (κ2) is 11.5. The van der Waals surface area contributed by atoms with Gasteiger partial charge in [-0.2, -0.15) is 0 Å². The number of hydrogen-bond donors (Lipinski definition) is 0. The van der Waals surface area contributed by atoms with Gasteiger partial charge >= 0.3 is 0 Å². The highest BCUT2D eigenvalue weighted by Gasteiger charge is 2.42. The number of furan rings is 1. The van der Waals surface area contributed by atoms with Crippen LogP contribution in [-0.2, 0) is 10.8 Å². The molecular weight excluding hydrogens is 669 g/mol. The fraction of sp³-hybridized carbons (Fsp3) is 0.115. The van der Waals surface area contributed by atoms with Gasteiger partial charge in [0.15, 0.2) is 11.4 Å². The van der Waals surface area contributed by atoms with Crippen molar-refractivity contribution in [2.75, 3.05) is 0 Å². The molecule has 0 saturated carbocycles. The lowest BCUT2D eigenvalue weighted by Gasteiger charge is -2.24. The third kappa shape index (κ3) is 4.63. The Balaban J connectivity index is 1.00. The molecule has 2 aliphatic rings. The molecular formula is C52H38N2O. The summed E-state index contributed by atoms with van der Waals surface area (Å²) in [6.07, 6.45) is 0. The van der Waals surface area contributed by atoms with E-state index in [4.69, 9.17) is 14.4 Å². The molecule has 9 aromatic rings. The van der Waals surface area contributed by atoms with Crippen molar-refractivity contribution in [3.05, 3.63) is 180 Å². The lowest BCUT2D eigenvalue weighted by Crippen LogP contribution is -2.16. The zero-order valence-electron chi connectivity index (χ0n) is 31.3. The van der Waals surface area contributed by atoms with Gasteiger partial charge in [0, 0.05) is 27.3 Å². The highest BCUT2D eigenvalue weighted by molar-refractivity contribution is 6.07. The predicted octanol–water partition coefficient (Wildman–Crippen LogP) is 13.7. The van der Waals surface area contributed by atoms with Crippen LogP contribution in [0.25, 0.3) is 89.2 Å². The van der Waals surface area contributed by atoms with E-state index in [0.717, 1.165) is 44.4 Å². The van der Waals surface area contributed by atoms with Crippen LogP contribution >= 0.6 is 0 Å². The zero-order valence-corrected chi connectivity index (χ0v) is 31.3. The SMILES string of the molecule is CC1(C)c2ccccc2-c2cc3c(cc21)-c1c(-c2ccc(-c4cccc(-c5nc(-c6ccccc6)nc6c5oc5ccccc56)c4)cc2)cccc1C3(C)C. The summed E-state index contributed by atoms with van der Waals surface area (Å²) >= 11 is 0. The van der Waals surface area contributed by atoms with Crippen LogP contribution in [-0.4, -0.2) is 9.97 Å². The van der Waals surface area contributed by atoms with Gasteiger partial charge < -0.3 is 4.42 Å². The van der Waals surface area contributed by atoms with Crippen LogP contribution in [0.15, 0.2) is 162 Å². The Kier molecular flexibility index (Phi) is 6.65. The van der Waals surface area contributed by atoms with Crippen molar-refractivity contribution < 1.29 is 4.42 Å². The van der Waals surface area contributed by atoms with Crippen LogP contribution < -0.4 is 0 Å². The Morgan fingerprint density at radius 1 is 0.418 bits per heavy atom. The van der Waals surface area contributed by atoms with Gasteiger partial charge in [-0.3, -0.25) is 0 Å². The van der Waals surface area contributed by atoms with Crippen LogP contribution in [0, 0.1) is 0 Å². The minimum Gasteiger partial charge on any atom is -0.452 e. The average molecular weight is 707 g/mol. The van der Waals surface area contributed by atoms with Gasteiger partial charge in [-0.25, -0.2) is 9.97 Å². The van der Waals surface area contributed by atoms with Gasteiger partial charge in [-0.05, 0) is 97.1 Å². The number of benzene rings is 7. The molecule has 7 aromatic carbocycles. The van der Waals surface area contributed by atoms with Crippen LogP contribution in [0.4, 0.5) is 0 Å². The quantitative estimate of drug-likeness (QED) is 0.183. The van der Waals surface area contributed by atoms with E-state index >= 15 is 0 Å². The molecule has 2 aromatic heterocycles. The molecule has 3 nitrogen and oxygen atoms in total. The van der Waals surface area contributed by atoms with E-state index in [9.17, 15) is 0 Å². The first-order valence-corrected chi connectivity index (χ1v) is 19.2. The van der Waals surface area contributed by atoms with Crippen molar-refractivity contribution in [3.8, 4) is 67.2 Å². The van der Waals surface area contributed by atoms with Gasteiger partial charge in [0.1, 0.15) is 16.8 Å². The normalized spacial score (nSPS) is 14.5. The molecule has 3 heteroatoms. The molecule has 0 amide bonds. The van der Waals surface area contributed by atoms with E-state index in [-0.39, 0.29) is 10.8 Å². The Bertz CT molecular complexity index is 3020. The fourth-order valence-corrected chi connectivity index (χ4v) is 9.41. The van der Waals surface area contributed by atoms with E-state index in [1.165, 1.54) is 55.6 Å². The highest BCUT2D eigenvalue weighted by atomic mass is 16.3. The topological polar surface area (TPSA) is 38.9 Å². The number of nitrogens with zero attached hydrogens (tertiary/aromatic N) is 2. The molecule has 262 valence electrons. The number of fused-ring (bicyclic) bond motifs is 9. The largest absolute Gasteiger partial charge is 0.452 e. The van der Waals surface area contributed by atoms with E-state index < -0.39 is 0 Å². The van der Waals surface area contributed by atoms with Crippen LogP contribution in [0.2, 0.25) is 0 Å². The van der Waals surface area contributed by atoms with E-state index in [1.54, 1.807) is 0 Å². The first-order chi connectivity index (χ1) is 26.8. The van der Waals surface area contributed by atoms with Crippen molar-refractivity contribution in [2.24, 2.45) is 0 Å². The Morgan fingerprint density at radius 2 is 1.04 bits per heavy atom. The molecule has 11 rings (SSSR count). The molecule has 0 fully saturated rings. The summed E-state index contributed by atoms with van der Waals surface area (Å²) < 4.78 is 6.44. The van der Waals surface area contributed by atoms with Gasteiger partial charge in [-0.1, -0.05) is 155 Å². The van der Waals surface area contributed by atoms with Crippen molar-refractivity contribution in [2.45, 2.75) is 38.5 Å². The maximum atomic E-state index is 6.44. The zero-order chi connectivity index (χ0) is 37.1. The van der Waals surface area contributed by atoms with Gasteiger partial charge in [0.05, 0.1) is 0 Å². The molecule has 0 aliphatic heterocycles. The van der Waals surface area contributed by atoms with Crippen LogP contribution in [0.3, 0.4) is 0 Å². The average Bonchev–Trinajstić information content (AvgIpc) is 3.80. The maximum Gasteiger partial charge on any atom is 0.180 e. The molecule has 2 heterocycles. The molecule has 0 N–H and O–H groups in total. The van der Waals surface area contributed by atoms with E-state index in [2.05, 4.69) is 149 Å². The van der Waals surface area contributed by atoms with E-state index in [0.29, 0.717) is 11.4 Å². The summed E-state index contributed by atoms with van der Waals surface area (Å²) in [5.41, 5.74) is 20.8. The Hall–Kier alpha value is -6.58. The minimum absolute atomic E-state index is 0.0515. The molecule has 0 unspecified atom stereocenters. The first kappa shape index (κ1) is 31.9. The molecule has 0 saturated heterocycles. The summed E-state index contributed by atoms with van der Waals surface area (Å²) in [5.74, 6) is 0.683. The summed E-state index contributed by atoms with van der Waals surface area (Å²) in [6, 6.07) is 56.8. The summed E-state index contributed by atoms with van der Waals surface area (Å²) in [4.78, 5) is 10.1. The molecule has 0 spiro atoms. The van der Waals surface area contributed by atoms with Crippen molar-refractivity contribution in [1.82, 2.24) is 9.97 Å². The van der Waals surface area contributed by atoms with Gasteiger partial charge in [-0.15, -0.1) is 0 Å².